The van der Waals surface area contributed by atoms with Crippen molar-refractivity contribution in [1.82, 2.24) is 14.0 Å². The highest BCUT2D eigenvalue weighted by Crippen LogP contribution is 2.32. The van der Waals surface area contributed by atoms with E-state index >= 15 is 0 Å². The number of nitrogens with zero attached hydrogens (tertiary/aromatic N) is 6. The molecule has 3 heterocycles. The number of nitro groups is 1. The van der Waals surface area contributed by atoms with Crippen LogP contribution in [0.15, 0.2) is 85.5 Å². The molecule has 5 rings (SSSR count). The number of aromatic hydroxyl groups is 1. The molecule has 11 nitrogen and oxygen atoms in total. The molecule has 192 valence electrons. The van der Waals surface area contributed by atoms with Crippen LogP contribution in [0.3, 0.4) is 0 Å². The molecule has 38 heavy (non-hydrogen) atoms. The van der Waals surface area contributed by atoms with Crippen molar-refractivity contribution in [2.75, 3.05) is 0 Å². The van der Waals surface area contributed by atoms with Crippen molar-refractivity contribution in [1.29, 1.82) is 0 Å². The number of halogens is 1. The zero-order chi connectivity index (χ0) is 27.0. The van der Waals surface area contributed by atoms with Gasteiger partial charge in [-0.15, -0.1) is 11.3 Å². The number of para-hydroxylation sites is 1. The van der Waals surface area contributed by atoms with Gasteiger partial charge in [-0.25, -0.2) is 14.4 Å². The average molecular weight is 551 g/mol. The minimum atomic E-state index is -0.735. The normalized spacial score (nSPS) is 12.0. The third-order valence-electron chi connectivity index (χ3n) is 5.78. The first-order valence-corrected chi connectivity index (χ1v) is 12.4. The van der Waals surface area contributed by atoms with Crippen LogP contribution in [-0.4, -0.2) is 30.3 Å². The summed E-state index contributed by atoms with van der Waals surface area (Å²) in [5, 5.41) is 27.9. The van der Waals surface area contributed by atoms with E-state index in [1.54, 1.807) is 36.2 Å². The molecule has 0 saturated carbocycles. The number of aromatic nitrogens is 3. The molecule has 3 aromatic heterocycles. The highest BCUT2D eigenvalue weighted by molar-refractivity contribution is 7.07. The van der Waals surface area contributed by atoms with Gasteiger partial charge in [-0.2, -0.15) is 5.10 Å². The number of thiazole rings is 1. The maximum Gasteiger partial charge on any atom is 0.312 e. The van der Waals surface area contributed by atoms with Gasteiger partial charge < -0.3 is 9.52 Å². The van der Waals surface area contributed by atoms with Crippen LogP contribution in [-0.2, 0) is 7.05 Å². The Morgan fingerprint density at radius 1 is 1.18 bits per heavy atom. The van der Waals surface area contributed by atoms with Gasteiger partial charge in [-0.05, 0) is 37.3 Å². The smallest absolute Gasteiger partial charge is 0.312 e. The van der Waals surface area contributed by atoms with Gasteiger partial charge in [0.15, 0.2) is 11.4 Å². The zero-order valence-corrected chi connectivity index (χ0v) is 21.6. The molecule has 0 aliphatic carbocycles. The van der Waals surface area contributed by atoms with Crippen LogP contribution in [0, 0.1) is 17.0 Å². The molecule has 5 aromatic rings. The van der Waals surface area contributed by atoms with Crippen molar-refractivity contribution in [3.8, 4) is 22.9 Å². The van der Waals surface area contributed by atoms with Crippen LogP contribution in [0.1, 0.15) is 11.3 Å². The second-order valence-corrected chi connectivity index (χ2v) is 9.35. The Bertz CT molecular complexity index is 1810. The van der Waals surface area contributed by atoms with Gasteiger partial charge in [0.2, 0.25) is 10.6 Å². The first-order chi connectivity index (χ1) is 18.3. The first kappa shape index (κ1) is 25.0. The van der Waals surface area contributed by atoms with Gasteiger partial charge in [-0.1, -0.05) is 29.8 Å². The van der Waals surface area contributed by atoms with E-state index in [4.69, 9.17) is 16.0 Å². The monoisotopic (exact) mass is 550 g/mol. The molecular formula is C25H19ClN6O5S. The molecule has 0 fully saturated rings. The summed E-state index contributed by atoms with van der Waals surface area (Å²) in [6.07, 6.45) is 2.73. The second-order valence-electron chi connectivity index (χ2n) is 8.08. The Hall–Kier alpha value is -4.68. The summed E-state index contributed by atoms with van der Waals surface area (Å²) in [4.78, 5) is 28.9. The maximum atomic E-state index is 13.4. The van der Waals surface area contributed by atoms with Crippen LogP contribution >= 0.6 is 22.9 Å². The van der Waals surface area contributed by atoms with Gasteiger partial charge in [0, 0.05) is 29.1 Å². The molecule has 0 atom stereocenters. The van der Waals surface area contributed by atoms with Gasteiger partial charge in [0.25, 0.3) is 5.56 Å². The standard InChI is InChI=1S/C25H19ClN6O5S/c1-15-22(24(34)31(29(15)2)18-7-4-3-5-8-18)28-25-30(20(14-38-25)21-9-6-10-37-21)27-13-16-11-17(26)12-19(23(16)33)32(35)36/h3-14,33H,1-2H3. The number of phenolic OH excluding ortho intramolecular Hbond substituents is 1. The molecule has 0 unspecified atom stereocenters. The van der Waals surface area contributed by atoms with Crippen LogP contribution in [0.25, 0.3) is 17.1 Å². The molecule has 2 aromatic carbocycles. The number of rotatable bonds is 6. The fourth-order valence-electron chi connectivity index (χ4n) is 3.83. The highest BCUT2D eigenvalue weighted by atomic mass is 35.5. The van der Waals surface area contributed by atoms with Crippen molar-refractivity contribution >= 4 is 40.5 Å². The first-order valence-electron chi connectivity index (χ1n) is 11.1. The number of nitro benzene ring substituents is 1. The number of hydrogen-bond acceptors (Lipinski definition) is 8. The molecule has 0 amide bonds. The molecule has 0 bridgehead atoms. The summed E-state index contributed by atoms with van der Waals surface area (Å²) in [7, 11) is 1.77. The van der Waals surface area contributed by atoms with Crippen molar-refractivity contribution in [3.05, 3.63) is 108 Å². The van der Waals surface area contributed by atoms with Crippen LogP contribution < -0.4 is 10.4 Å². The fraction of sp³-hybridized carbons (Fsp3) is 0.0800. The fourth-order valence-corrected chi connectivity index (χ4v) is 4.87. The second kappa shape index (κ2) is 10.00. The van der Waals surface area contributed by atoms with E-state index in [-0.39, 0.29) is 21.8 Å². The Morgan fingerprint density at radius 2 is 1.95 bits per heavy atom. The van der Waals surface area contributed by atoms with Crippen molar-refractivity contribution < 1.29 is 14.4 Å². The van der Waals surface area contributed by atoms with Gasteiger partial charge in [0.05, 0.1) is 28.8 Å². The summed E-state index contributed by atoms with van der Waals surface area (Å²) in [5.74, 6) is -0.103. The molecule has 0 saturated heterocycles. The molecule has 13 heteroatoms. The van der Waals surface area contributed by atoms with Crippen LogP contribution in [0.4, 0.5) is 11.4 Å². The average Bonchev–Trinajstić information content (AvgIpc) is 3.61. The van der Waals surface area contributed by atoms with Crippen LogP contribution in [0.2, 0.25) is 5.02 Å². The predicted molar refractivity (Wildman–Crippen MR) is 144 cm³/mol. The van der Waals surface area contributed by atoms with Crippen molar-refractivity contribution in [3.63, 3.8) is 0 Å². The molecule has 0 radical (unpaired) electrons. The third-order valence-corrected chi connectivity index (χ3v) is 6.82. The highest BCUT2D eigenvalue weighted by Gasteiger charge is 2.19. The Kier molecular flexibility index (Phi) is 6.57. The predicted octanol–water partition coefficient (Wildman–Crippen LogP) is 4.99. The van der Waals surface area contributed by atoms with Crippen molar-refractivity contribution in [2.24, 2.45) is 17.1 Å². The van der Waals surface area contributed by atoms with E-state index in [1.807, 2.05) is 30.3 Å². The minimum absolute atomic E-state index is 0.0292. The van der Waals surface area contributed by atoms with E-state index < -0.39 is 16.4 Å². The van der Waals surface area contributed by atoms with E-state index in [0.717, 1.165) is 6.07 Å². The van der Waals surface area contributed by atoms with E-state index in [9.17, 15) is 20.0 Å². The summed E-state index contributed by atoms with van der Waals surface area (Å²) in [6.45, 7) is 1.79. The Morgan fingerprint density at radius 3 is 2.63 bits per heavy atom. The third kappa shape index (κ3) is 4.46. The lowest BCUT2D eigenvalue weighted by Gasteiger charge is -2.07. The number of phenols is 1. The topological polar surface area (TPSA) is 133 Å². The quantitative estimate of drug-likeness (QED) is 0.181. The minimum Gasteiger partial charge on any atom is -0.502 e. The molecule has 0 aliphatic heterocycles. The molecular weight excluding hydrogens is 532 g/mol. The van der Waals surface area contributed by atoms with Crippen molar-refractivity contribution in [2.45, 2.75) is 6.92 Å². The van der Waals surface area contributed by atoms with E-state index in [1.165, 1.54) is 39.2 Å². The molecule has 0 aliphatic rings. The lowest BCUT2D eigenvalue weighted by Crippen LogP contribution is -2.19. The summed E-state index contributed by atoms with van der Waals surface area (Å²) >= 11 is 7.24. The maximum absolute atomic E-state index is 13.4. The summed E-state index contributed by atoms with van der Waals surface area (Å²) in [5.41, 5.74) is 1.22. The summed E-state index contributed by atoms with van der Waals surface area (Å²) in [6, 6.07) is 15.0. The lowest BCUT2D eigenvalue weighted by atomic mass is 10.2. The molecule has 1 N–H and O–H groups in total. The zero-order valence-electron chi connectivity index (χ0n) is 20.0. The van der Waals surface area contributed by atoms with Gasteiger partial charge in [-0.3, -0.25) is 19.6 Å². The van der Waals surface area contributed by atoms with E-state index in [0.29, 0.717) is 27.6 Å². The number of furan rings is 1. The SMILES string of the molecule is Cc1c(N=c2scc(-c3ccco3)n2N=Cc2cc(Cl)cc([N+](=O)[O-])c2O)c(=O)n(-c2ccccc2)n1C. The molecule has 0 spiro atoms. The number of benzene rings is 2. The Balaban J connectivity index is 1.70. The van der Waals surface area contributed by atoms with Gasteiger partial charge >= 0.3 is 5.69 Å². The largest absolute Gasteiger partial charge is 0.502 e. The van der Waals surface area contributed by atoms with Crippen LogP contribution in [0.5, 0.6) is 5.75 Å². The van der Waals surface area contributed by atoms with Gasteiger partial charge in [0.1, 0.15) is 5.69 Å². The Labute approximate surface area is 223 Å². The van der Waals surface area contributed by atoms with E-state index in [2.05, 4.69) is 10.1 Å². The number of hydrogen-bond donors (Lipinski definition) is 1. The lowest BCUT2D eigenvalue weighted by molar-refractivity contribution is -0.385. The summed E-state index contributed by atoms with van der Waals surface area (Å²) < 4.78 is 10.2.